The molecular weight excluding hydrogens is 667 g/mol. The Labute approximate surface area is 320 Å². The Morgan fingerprint density at radius 2 is 1.00 bits per heavy atom. The lowest BCUT2D eigenvalue weighted by atomic mass is 9.82. The molecule has 0 bridgehead atoms. The van der Waals surface area contributed by atoms with E-state index < -0.39 is 0 Å². The molecule has 1 aliphatic rings. The van der Waals surface area contributed by atoms with Crippen molar-refractivity contribution < 1.29 is 4.42 Å². The maximum absolute atomic E-state index is 6.34. The summed E-state index contributed by atoms with van der Waals surface area (Å²) >= 11 is 0. The highest BCUT2D eigenvalue weighted by atomic mass is 16.3. The number of para-hydroxylation sites is 1. The highest BCUT2D eigenvalue weighted by Gasteiger charge is 2.35. The van der Waals surface area contributed by atoms with Crippen LogP contribution in [0.1, 0.15) is 25.0 Å². The van der Waals surface area contributed by atoms with Crippen LogP contribution in [0.15, 0.2) is 192 Å². The van der Waals surface area contributed by atoms with Crippen molar-refractivity contribution in [3.63, 3.8) is 0 Å². The van der Waals surface area contributed by atoms with Gasteiger partial charge in [0.2, 0.25) is 0 Å². The Bertz CT molecular complexity index is 3110. The minimum Gasteiger partial charge on any atom is -0.455 e. The molecule has 0 N–H and O–H groups in total. The van der Waals surface area contributed by atoms with Crippen molar-refractivity contribution in [1.29, 1.82) is 0 Å². The molecule has 1 aliphatic carbocycles. The smallest absolute Gasteiger partial charge is 0.143 e. The van der Waals surface area contributed by atoms with Gasteiger partial charge in [-0.05, 0) is 121 Å². The first-order valence-corrected chi connectivity index (χ1v) is 19.1. The van der Waals surface area contributed by atoms with Gasteiger partial charge in [-0.2, -0.15) is 0 Å². The first kappa shape index (κ1) is 31.6. The lowest BCUT2D eigenvalue weighted by Crippen LogP contribution is -2.16. The standard InChI is InChI=1S/C53H37NO/c1-53(2)49-16-7-5-13-45(49)46-31-28-41(33-50(46)53)54(40-26-20-36(21-27-40)43-15-9-11-35-10-3-4-12-42(35)43)39-24-18-34(19-25-39)37-22-29-44-38(32-37)23-30-48-47-14-6-8-17-51(47)55-52(44)48/h3-33H,1-2H3. The molecule has 0 spiro atoms. The fraction of sp³-hybridized carbons (Fsp3) is 0.0566. The average molecular weight is 704 g/mol. The SMILES string of the molecule is CC1(C)c2ccccc2-c2ccc(N(c3ccc(-c4ccc5c(ccc6c7ccccc7oc56)c4)cc3)c3ccc(-c4cccc5ccccc45)cc3)cc21. The van der Waals surface area contributed by atoms with Crippen LogP contribution in [0.4, 0.5) is 17.1 Å². The summed E-state index contributed by atoms with van der Waals surface area (Å²) in [6.07, 6.45) is 0. The molecule has 10 aromatic rings. The van der Waals surface area contributed by atoms with Crippen LogP contribution in [0.2, 0.25) is 0 Å². The van der Waals surface area contributed by atoms with Gasteiger partial charge in [0.15, 0.2) is 0 Å². The highest BCUT2D eigenvalue weighted by molar-refractivity contribution is 6.15. The van der Waals surface area contributed by atoms with E-state index in [9.17, 15) is 0 Å². The first-order valence-electron chi connectivity index (χ1n) is 19.1. The van der Waals surface area contributed by atoms with Crippen molar-refractivity contribution in [2.45, 2.75) is 19.3 Å². The molecule has 0 radical (unpaired) electrons. The van der Waals surface area contributed by atoms with Gasteiger partial charge in [-0.1, -0.05) is 141 Å². The Balaban J connectivity index is 1.00. The fourth-order valence-electron chi connectivity index (χ4n) is 9.04. The summed E-state index contributed by atoms with van der Waals surface area (Å²) in [6.45, 7) is 4.70. The molecule has 260 valence electrons. The lowest BCUT2D eigenvalue weighted by Gasteiger charge is -2.28. The van der Waals surface area contributed by atoms with Crippen LogP contribution < -0.4 is 4.90 Å². The van der Waals surface area contributed by atoms with E-state index >= 15 is 0 Å². The Kier molecular flexibility index (Phi) is 6.93. The van der Waals surface area contributed by atoms with Gasteiger partial charge in [-0.15, -0.1) is 0 Å². The van der Waals surface area contributed by atoms with Crippen LogP contribution in [0.3, 0.4) is 0 Å². The van der Waals surface area contributed by atoms with Gasteiger partial charge in [-0.3, -0.25) is 0 Å². The average Bonchev–Trinajstić information content (AvgIpc) is 3.73. The van der Waals surface area contributed by atoms with Crippen LogP contribution in [-0.2, 0) is 5.41 Å². The lowest BCUT2D eigenvalue weighted by molar-refractivity contribution is 0.660. The minimum atomic E-state index is -0.0975. The quantitative estimate of drug-likeness (QED) is 0.177. The molecule has 0 aliphatic heterocycles. The third-order valence-electron chi connectivity index (χ3n) is 11.9. The normalized spacial score (nSPS) is 13.1. The number of hydrogen-bond acceptors (Lipinski definition) is 2. The monoisotopic (exact) mass is 703 g/mol. The molecule has 0 amide bonds. The molecule has 55 heavy (non-hydrogen) atoms. The number of fused-ring (bicyclic) bond motifs is 9. The molecule has 1 heterocycles. The van der Waals surface area contributed by atoms with Gasteiger partial charge in [0.05, 0.1) is 0 Å². The fourth-order valence-corrected chi connectivity index (χ4v) is 9.04. The molecule has 9 aromatic carbocycles. The van der Waals surface area contributed by atoms with Gasteiger partial charge in [0.1, 0.15) is 11.2 Å². The number of nitrogens with zero attached hydrogens (tertiary/aromatic N) is 1. The van der Waals surface area contributed by atoms with Crippen molar-refractivity contribution >= 4 is 60.5 Å². The van der Waals surface area contributed by atoms with E-state index in [1.165, 1.54) is 60.7 Å². The van der Waals surface area contributed by atoms with E-state index in [1.54, 1.807) is 0 Å². The van der Waals surface area contributed by atoms with Crippen molar-refractivity contribution in [3.05, 3.63) is 199 Å². The Morgan fingerprint density at radius 1 is 0.382 bits per heavy atom. The zero-order valence-corrected chi connectivity index (χ0v) is 30.8. The summed E-state index contributed by atoms with van der Waals surface area (Å²) < 4.78 is 6.34. The van der Waals surface area contributed by atoms with Crippen molar-refractivity contribution in [1.82, 2.24) is 0 Å². The first-order chi connectivity index (χ1) is 27.0. The predicted octanol–water partition coefficient (Wildman–Crippen LogP) is 15.0. The Hall–Kier alpha value is -6.90. The second kappa shape index (κ2) is 12.1. The third-order valence-corrected chi connectivity index (χ3v) is 11.9. The van der Waals surface area contributed by atoms with E-state index in [2.05, 4.69) is 195 Å². The van der Waals surface area contributed by atoms with E-state index in [0.29, 0.717) is 0 Å². The molecule has 2 nitrogen and oxygen atoms in total. The van der Waals surface area contributed by atoms with Crippen molar-refractivity contribution in [3.8, 4) is 33.4 Å². The molecule has 2 heteroatoms. The summed E-state index contributed by atoms with van der Waals surface area (Å²) in [5, 5.41) is 7.13. The van der Waals surface area contributed by atoms with Gasteiger partial charge in [0.25, 0.3) is 0 Å². The van der Waals surface area contributed by atoms with E-state index in [-0.39, 0.29) is 5.41 Å². The summed E-state index contributed by atoms with van der Waals surface area (Å²) in [5.41, 5.74) is 15.3. The second-order valence-electron chi connectivity index (χ2n) is 15.3. The molecule has 11 rings (SSSR count). The molecule has 0 unspecified atom stereocenters. The zero-order valence-electron chi connectivity index (χ0n) is 30.8. The number of hydrogen-bond donors (Lipinski definition) is 0. The second-order valence-corrected chi connectivity index (χ2v) is 15.3. The zero-order chi connectivity index (χ0) is 36.7. The van der Waals surface area contributed by atoms with Crippen LogP contribution >= 0.6 is 0 Å². The summed E-state index contributed by atoms with van der Waals surface area (Å²) in [5.74, 6) is 0. The predicted molar refractivity (Wildman–Crippen MR) is 232 cm³/mol. The number of anilines is 3. The molecular formula is C53H37NO. The molecule has 0 fully saturated rings. The maximum atomic E-state index is 6.34. The summed E-state index contributed by atoms with van der Waals surface area (Å²) in [4.78, 5) is 2.40. The summed E-state index contributed by atoms with van der Waals surface area (Å²) in [6, 6.07) is 68.5. The van der Waals surface area contributed by atoms with Crippen LogP contribution in [0.25, 0.3) is 76.9 Å². The van der Waals surface area contributed by atoms with E-state index in [0.717, 1.165) is 44.4 Å². The van der Waals surface area contributed by atoms with Gasteiger partial charge in [-0.25, -0.2) is 0 Å². The highest BCUT2D eigenvalue weighted by Crippen LogP contribution is 2.51. The summed E-state index contributed by atoms with van der Waals surface area (Å²) in [7, 11) is 0. The van der Waals surface area contributed by atoms with Gasteiger partial charge >= 0.3 is 0 Å². The largest absolute Gasteiger partial charge is 0.455 e. The molecule has 1 aromatic heterocycles. The topological polar surface area (TPSA) is 16.4 Å². The van der Waals surface area contributed by atoms with Crippen LogP contribution in [-0.4, -0.2) is 0 Å². The maximum Gasteiger partial charge on any atom is 0.143 e. The minimum absolute atomic E-state index is 0.0975. The molecule has 0 saturated carbocycles. The van der Waals surface area contributed by atoms with Crippen molar-refractivity contribution in [2.24, 2.45) is 0 Å². The number of furan rings is 1. The van der Waals surface area contributed by atoms with Crippen molar-refractivity contribution in [2.75, 3.05) is 4.90 Å². The number of benzene rings is 9. The van der Waals surface area contributed by atoms with E-state index in [1.807, 2.05) is 12.1 Å². The van der Waals surface area contributed by atoms with Gasteiger partial charge < -0.3 is 9.32 Å². The number of rotatable bonds is 5. The Morgan fingerprint density at radius 3 is 1.84 bits per heavy atom. The third kappa shape index (κ3) is 4.95. The van der Waals surface area contributed by atoms with Crippen LogP contribution in [0.5, 0.6) is 0 Å². The van der Waals surface area contributed by atoms with Crippen LogP contribution in [0, 0.1) is 0 Å². The van der Waals surface area contributed by atoms with E-state index in [4.69, 9.17) is 4.42 Å². The van der Waals surface area contributed by atoms with Gasteiger partial charge in [0, 0.05) is 38.6 Å². The molecule has 0 saturated heterocycles. The molecule has 0 atom stereocenters.